The SMILES string of the molecule is COc1ccc([C@H]2/C=C\CN(S(C)(=O)=O)CC(=O)N2Cc2ccc(F)cc2)cc1. The van der Waals surface area contributed by atoms with Gasteiger partial charge in [0.05, 0.1) is 26.0 Å². The molecule has 1 aliphatic rings. The number of carbonyl (C=O) groups is 1. The highest BCUT2D eigenvalue weighted by atomic mass is 32.2. The predicted molar refractivity (Wildman–Crippen MR) is 108 cm³/mol. The minimum atomic E-state index is -3.52. The Balaban J connectivity index is 1.99. The minimum absolute atomic E-state index is 0.127. The lowest BCUT2D eigenvalue weighted by Gasteiger charge is -2.34. The molecule has 2 aromatic rings. The smallest absolute Gasteiger partial charge is 0.238 e. The molecule has 0 spiro atoms. The molecule has 6 nitrogen and oxygen atoms in total. The summed E-state index contributed by atoms with van der Waals surface area (Å²) in [6, 6.07) is 12.9. The van der Waals surface area contributed by atoms with E-state index in [0.29, 0.717) is 5.75 Å². The Kier molecular flexibility index (Phi) is 6.34. The van der Waals surface area contributed by atoms with E-state index in [4.69, 9.17) is 4.74 Å². The highest BCUT2D eigenvalue weighted by Gasteiger charge is 2.29. The van der Waals surface area contributed by atoms with Crippen molar-refractivity contribution in [3.8, 4) is 5.75 Å². The van der Waals surface area contributed by atoms with Gasteiger partial charge in [-0.1, -0.05) is 36.4 Å². The van der Waals surface area contributed by atoms with E-state index in [1.54, 1.807) is 30.2 Å². The number of halogens is 1. The third-order valence-corrected chi connectivity index (χ3v) is 6.00. The van der Waals surface area contributed by atoms with Gasteiger partial charge in [-0.3, -0.25) is 4.79 Å². The van der Waals surface area contributed by atoms with Crippen LogP contribution in [0, 0.1) is 5.82 Å². The Morgan fingerprint density at radius 1 is 1.10 bits per heavy atom. The molecule has 8 heteroatoms. The lowest BCUT2D eigenvalue weighted by Crippen LogP contribution is -2.44. The van der Waals surface area contributed by atoms with Crippen molar-refractivity contribution >= 4 is 15.9 Å². The average molecular weight is 418 g/mol. The lowest BCUT2D eigenvalue weighted by atomic mass is 10.0. The topological polar surface area (TPSA) is 66.9 Å². The fourth-order valence-electron chi connectivity index (χ4n) is 3.19. The lowest BCUT2D eigenvalue weighted by molar-refractivity contribution is -0.133. The number of nitrogens with zero attached hydrogens (tertiary/aromatic N) is 2. The molecule has 154 valence electrons. The van der Waals surface area contributed by atoms with E-state index >= 15 is 0 Å². The van der Waals surface area contributed by atoms with Crippen molar-refractivity contribution in [2.75, 3.05) is 26.5 Å². The highest BCUT2D eigenvalue weighted by molar-refractivity contribution is 7.88. The van der Waals surface area contributed by atoms with E-state index in [1.807, 2.05) is 30.3 Å². The van der Waals surface area contributed by atoms with Crippen LogP contribution < -0.4 is 4.74 Å². The summed E-state index contributed by atoms with van der Waals surface area (Å²) in [7, 11) is -1.94. The zero-order valence-corrected chi connectivity index (χ0v) is 17.1. The van der Waals surface area contributed by atoms with Gasteiger partial charge in [-0.25, -0.2) is 12.8 Å². The molecule has 1 amide bonds. The molecule has 0 radical (unpaired) electrons. The van der Waals surface area contributed by atoms with Crippen molar-refractivity contribution in [1.29, 1.82) is 0 Å². The zero-order valence-electron chi connectivity index (χ0n) is 16.3. The van der Waals surface area contributed by atoms with Gasteiger partial charge in [0.1, 0.15) is 11.6 Å². The van der Waals surface area contributed by atoms with Gasteiger partial charge < -0.3 is 9.64 Å². The molecule has 1 atom stereocenters. The molecule has 0 fully saturated rings. The van der Waals surface area contributed by atoms with Crippen molar-refractivity contribution < 1.29 is 22.3 Å². The first-order valence-electron chi connectivity index (χ1n) is 9.07. The number of ether oxygens (including phenoxy) is 1. The number of sulfonamides is 1. The fraction of sp³-hybridized carbons (Fsp3) is 0.286. The molecular formula is C21H23FN2O4S. The summed E-state index contributed by atoms with van der Waals surface area (Å²) in [5, 5.41) is 0. The maximum atomic E-state index is 13.3. The van der Waals surface area contributed by atoms with E-state index < -0.39 is 10.0 Å². The van der Waals surface area contributed by atoms with E-state index in [0.717, 1.165) is 21.7 Å². The molecule has 0 bridgehead atoms. The van der Waals surface area contributed by atoms with Gasteiger partial charge in [0, 0.05) is 13.1 Å². The summed E-state index contributed by atoms with van der Waals surface area (Å²) in [5.41, 5.74) is 1.61. The zero-order chi connectivity index (χ0) is 21.0. The maximum Gasteiger partial charge on any atom is 0.238 e. The molecule has 0 aliphatic carbocycles. The Morgan fingerprint density at radius 3 is 2.34 bits per heavy atom. The molecule has 1 heterocycles. The van der Waals surface area contributed by atoms with Gasteiger partial charge in [0.2, 0.25) is 15.9 Å². The van der Waals surface area contributed by atoms with Crippen LogP contribution in [0.15, 0.2) is 60.7 Å². The second kappa shape index (κ2) is 8.75. The monoisotopic (exact) mass is 418 g/mol. The van der Waals surface area contributed by atoms with E-state index in [1.165, 1.54) is 12.1 Å². The summed E-state index contributed by atoms with van der Waals surface area (Å²) in [5.74, 6) is 0.00995. The maximum absolute atomic E-state index is 13.3. The average Bonchev–Trinajstić information content (AvgIpc) is 2.68. The normalized spacial score (nSPS) is 19.5. The number of benzene rings is 2. The Labute approximate surface area is 170 Å². The van der Waals surface area contributed by atoms with Crippen LogP contribution in [-0.2, 0) is 21.4 Å². The van der Waals surface area contributed by atoms with E-state index in [9.17, 15) is 17.6 Å². The third kappa shape index (κ3) is 5.21. The molecule has 29 heavy (non-hydrogen) atoms. The molecule has 0 unspecified atom stereocenters. The second-order valence-corrected chi connectivity index (χ2v) is 8.83. The summed E-state index contributed by atoms with van der Waals surface area (Å²) in [6.07, 6.45) is 4.65. The second-order valence-electron chi connectivity index (χ2n) is 6.85. The van der Waals surface area contributed by atoms with Crippen molar-refractivity contribution in [2.45, 2.75) is 12.6 Å². The van der Waals surface area contributed by atoms with Crippen molar-refractivity contribution in [3.63, 3.8) is 0 Å². The van der Waals surface area contributed by atoms with Crippen LogP contribution in [0.25, 0.3) is 0 Å². The number of hydrogen-bond acceptors (Lipinski definition) is 4. The predicted octanol–water partition coefficient (Wildman–Crippen LogP) is 2.74. The minimum Gasteiger partial charge on any atom is -0.497 e. The van der Waals surface area contributed by atoms with Crippen molar-refractivity contribution in [1.82, 2.24) is 9.21 Å². The van der Waals surface area contributed by atoms with Crippen LogP contribution in [0.1, 0.15) is 17.2 Å². The van der Waals surface area contributed by atoms with E-state index in [2.05, 4.69) is 0 Å². The molecule has 0 aromatic heterocycles. The molecular weight excluding hydrogens is 395 g/mol. The van der Waals surface area contributed by atoms with Crippen molar-refractivity contribution in [2.24, 2.45) is 0 Å². The molecule has 1 aliphatic heterocycles. The Bertz CT molecular complexity index is 988. The third-order valence-electron chi connectivity index (χ3n) is 4.79. The molecule has 3 rings (SSSR count). The summed E-state index contributed by atoms with van der Waals surface area (Å²) < 4.78 is 43.6. The fourth-order valence-corrected chi connectivity index (χ4v) is 3.89. The van der Waals surface area contributed by atoms with Gasteiger partial charge in [0.25, 0.3) is 0 Å². The first-order valence-corrected chi connectivity index (χ1v) is 10.9. The highest BCUT2D eigenvalue weighted by Crippen LogP contribution is 2.28. The largest absolute Gasteiger partial charge is 0.497 e. The van der Waals surface area contributed by atoms with Gasteiger partial charge >= 0.3 is 0 Å². The number of rotatable bonds is 5. The van der Waals surface area contributed by atoms with Gasteiger partial charge in [-0.05, 0) is 35.4 Å². The standard InChI is InChI=1S/C21H23FN2O4S/c1-28-19-11-7-17(8-12-19)20-4-3-13-23(29(2,26)27)15-21(25)24(20)14-16-5-9-18(22)10-6-16/h3-12,20H,13-15H2,1-2H3/b4-3-/t20-/m1/s1. The molecule has 2 aromatic carbocycles. The summed E-state index contributed by atoms with van der Waals surface area (Å²) in [6.45, 7) is 0.0936. The summed E-state index contributed by atoms with van der Waals surface area (Å²) >= 11 is 0. The number of carbonyl (C=O) groups excluding carboxylic acids is 1. The van der Waals surface area contributed by atoms with Crippen LogP contribution >= 0.6 is 0 Å². The van der Waals surface area contributed by atoms with Crippen molar-refractivity contribution in [3.05, 3.63) is 77.6 Å². The van der Waals surface area contributed by atoms with Crippen LogP contribution in [0.2, 0.25) is 0 Å². The molecule has 0 saturated carbocycles. The Hall–Kier alpha value is -2.71. The number of amides is 1. The first-order chi connectivity index (χ1) is 13.8. The van der Waals surface area contributed by atoms with Gasteiger partial charge in [-0.2, -0.15) is 4.31 Å². The number of hydrogen-bond donors (Lipinski definition) is 0. The van der Waals surface area contributed by atoms with Gasteiger partial charge in [-0.15, -0.1) is 0 Å². The summed E-state index contributed by atoms with van der Waals surface area (Å²) in [4.78, 5) is 14.7. The van der Waals surface area contributed by atoms with Crippen LogP contribution in [0.3, 0.4) is 0 Å². The Morgan fingerprint density at radius 2 is 1.76 bits per heavy atom. The quantitative estimate of drug-likeness (QED) is 0.701. The van der Waals surface area contributed by atoms with Crippen LogP contribution in [-0.4, -0.2) is 50.0 Å². The van der Waals surface area contributed by atoms with Crippen LogP contribution in [0.4, 0.5) is 4.39 Å². The molecule has 0 saturated heterocycles. The number of methoxy groups -OCH3 is 1. The first kappa shape index (κ1) is 21.0. The van der Waals surface area contributed by atoms with Crippen LogP contribution in [0.5, 0.6) is 5.75 Å². The van der Waals surface area contributed by atoms with Gasteiger partial charge in [0.15, 0.2) is 0 Å². The van der Waals surface area contributed by atoms with E-state index in [-0.39, 0.29) is 37.4 Å². The molecule has 0 N–H and O–H groups in total.